The summed E-state index contributed by atoms with van der Waals surface area (Å²) in [7, 11) is -2.67. The number of carbonyl (C=O) groups is 1. The molecule has 1 atom stereocenters. The summed E-state index contributed by atoms with van der Waals surface area (Å²) in [5, 5.41) is 11.6. The van der Waals surface area contributed by atoms with Gasteiger partial charge in [0.15, 0.2) is 17.2 Å². The maximum atomic E-state index is 14.8. The summed E-state index contributed by atoms with van der Waals surface area (Å²) in [5.41, 5.74) is 5.70. The topological polar surface area (TPSA) is 163 Å². The number of hydrogen-bond acceptors (Lipinski definition) is 9. The summed E-state index contributed by atoms with van der Waals surface area (Å²) in [4.78, 5) is 30.7. The summed E-state index contributed by atoms with van der Waals surface area (Å²) >= 11 is 0. The van der Waals surface area contributed by atoms with E-state index in [9.17, 15) is 27.5 Å². The molecule has 0 saturated heterocycles. The molecule has 6 rings (SSSR count). The van der Waals surface area contributed by atoms with E-state index < -0.39 is 33.0 Å². The molecule has 212 valence electrons. The molecule has 4 N–H and O–H groups in total. The van der Waals surface area contributed by atoms with Gasteiger partial charge < -0.3 is 24.9 Å². The maximum absolute atomic E-state index is 14.8. The molecule has 4 heterocycles. The van der Waals surface area contributed by atoms with Crippen LogP contribution in [-0.4, -0.2) is 36.2 Å². The zero-order chi connectivity index (χ0) is 29.3. The summed E-state index contributed by atoms with van der Waals surface area (Å²) in [6, 6.07) is 9.84. The van der Waals surface area contributed by atoms with Crippen LogP contribution in [-0.2, 0) is 44.9 Å². The SMILES string of the molecule is CC[C@@]1(O)C(=O)OCc2c1cc1n(c2=O)Cc2c-1nc1cc(F)c(OC)cc1c2CNS(=O)(=O)c1ccc(N)cc1. The molecule has 2 aliphatic heterocycles. The quantitative estimate of drug-likeness (QED) is 0.202. The van der Waals surface area contributed by atoms with Crippen LogP contribution in [0.4, 0.5) is 10.1 Å². The van der Waals surface area contributed by atoms with E-state index in [2.05, 4.69) is 9.71 Å². The number of nitrogens with two attached hydrogens (primary N) is 1. The first-order chi connectivity index (χ1) is 19.5. The molecule has 41 heavy (non-hydrogen) atoms. The number of rotatable bonds is 6. The highest BCUT2D eigenvalue weighted by Gasteiger charge is 2.45. The predicted octanol–water partition coefficient (Wildman–Crippen LogP) is 2.29. The van der Waals surface area contributed by atoms with E-state index in [4.69, 9.17) is 15.2 Å². The summed E-state index contributed by atoms with van der Waals surface area (Å²) < 4.78 is 55.3. The number of ether oxygens (including phenoxy) is 2. The fraction of sp³-hybridized carbons (Fsp3) is 0.250. The van der Waals surface area contributed by atoms with Crippen LogP contribution in [0, 0.1) is 5.82 Å². The Morgan fingerprint density at radius 2 is 1.93 bits per heavy atom. The first kappa shape index (κ1) is 26.9. The number of anilines is 1. The van der Waals surface area contributed by atoms with Gasteiger partial charge in [-0.25, -0.2) is 27.3 Å². The van der Waals surface area contributed by atoms with Gasteiger partial charge in [-0.3, -0.25) is 4.79 Å². The van der Waals surface area contributed by atoms with Crippen LogP contribution in [0.2, 0.25) is 0 Å². The van der Waals surface area contributed by atoms with E-state index in [0.29, 0.717) is 33.6 Å². The molecule has 0 bridgehead atoms. The number of aromatic nitrogens is 2. The van der Waals surface area contributed by atoms with Gasteiger partial charge in [0, 0.05) is 34.8 Å². The van der Waals surface area contributed by atoms with Crippen molar-refractivity contribution in [2.75, 3.05) is 12.8 Å². The fourth-order valence-electron chi connectivity index (χ4n) is 5.42. The zero-order valence-corrected chi connectivity index (χ0v) is 22.8. The highest BCUT2D eigenvalue weighted by molar-refractivity contribution is 7.89. The first-order valence-electron chi connectivity index (χ1n) is 12.7. The number of sulfonamides is 1. The van der Waals surface area contributed by atoms with Crippen LogP contribution >= 0.6 is 0 Å². The van der Waals surface area contributed by atoms with E-state index in [1.807, 2.05) is 0 Å². The van der Waals surface area contributed by atoms with Gasteiger partial charge in [0.05, 0.1) is 41.0 Å². The van der Waals surface area contributed by atoms with E-state index in [0.717, 1.165) is 0 Å². The number of cyclic esters (lactones) is 1. The minimum absolute atomic E-state index is 0.000955. The number of carbonyl (C=O) groups excluding carboxylic acids is 1. The van der Waals surface area contributed by atoms with Gasteiger partial charge in [0.1, 0.15) is 6.61 Å². The average Bonchev–Trinajstić information content (AvgIpc) is 3.32. The van der Waals surface area contributed by atoms with Crippen molar-refractivity contribution in [1.29, 1.82) is 0 Å². The summed E-state index contributed by atoms with van der Waals surface area (Å²) in [5.74, 6) is -1.59. The number of nitrogens with zero attached hydrogens (tertiary/aromatic N) is 2. The molecule has 13 heteroatoms. The number of aliphatic hydroxyl groups is 1. The van der Waals surface area contributed by atoms with Crippen molar-refractivity contribution in [2.24, 2.45) is 0 Å². The van der Waals surface area contributed by atoms with Gasteiger partial charge >= 0.3 is 5.97 Å². The number of pyridine rings is 2. The number of esters is 1. The third-order valence-corrected chi connectivity index (χ3v) is 9.13. The smallest absolute Gasteiger partial charge is 0.343 e. The van der Waals surface area contributed by atoms with Crippen molar-refractivity contribution in [3.05, 3.63) is 80.9 Å². The second-order valence-electron chi connectivity index (χ2n) is 9.92. The average molecular weight is 581 g/mol. The molecule has 2 aliphatic rings. The Balaban J connectivity index is 1.55. The molecule has 0 fully saturated rings. The van der Waals surface area contributed by atoms with Gasteiger partial charge in [0.2, 0.25) is 10.0 Å². The Labute approximate surface area is 233 Å². The van der Waals surface area contributed by atoms with E-state index in [1.54, 1.807) is 6.92 Å². The van der Waals surface area contributed by atoms with E-state index in [-0.39, 0.29) is 53.4 Å². The van der Waals surface area contributed by atoms with Gasteiger partial charge in [0.25, 0.3) is 5.56 Å². The third kappa shape index (κ3) is 4.07. The standard InChI is InChI=1S/C28H25FN4O7S/c1-3-28(36)20-9-23-25-18(12-33(23)26(34)19(20)13-40-27(28)35)17(16-8-24(39-2)21(29)10-22(16)32-25)11-31-41(37,38)15-6-4-14(30)5-7-15/h4-10,31,36H,3,11-13,30H2,1-2H3/t28-/m0/s1. The van der Waals surface area contributed by atoms with Crippen molar-refractivity contribution < 1.29 is 32.2 Å². The minimum atomic E-state index is -3.99. The molecule has 2 aromatic carbocycles. The number of nitrogens with one attached hydrogen (secondary N) is 1. The van der Waals surface area contributed by atoms with Crippen molar-refractivity contribution in [3.63, 3.8) is 0 Å². The molecule has 2 aromatic heterocycles. The summed E-state index contributed by atoms with van der Waals surface area (Å²) in [6.45, 7) is 1.11. The van der Waals surface area contributed by atoms with Gasteiger partial charge in [-0.15, -0.1) is 0 Å². The number of fused-ring (bicyclic) bond motifs is 5. The molecule has 0 radical (unpaired) electrons. The number of halogens is 1. The molecule has 0 saturated carbocycles. The fourth-order valence-corrected chi connectivity index (χ4v) is 6.41. The number of hydrogen-bond donors (Lipinski definition) is 3. The Kier molecular flexibility index (Phi) is 6.14. The highest BCUT2D eigenvalue weighted by atomic mass is 32.2. The largest absolute Gasteiger partial charge is 0.494 e. The predicted molar refractivity (Wildman–Crippen MR) is 146 cm³/mol. The van der Waals surface area contributed by atoms with Gasteiger partial charge in [-0.2, -0.15) is 0 Å². The number of benzene rings is 2. The van der Waals surface area contributed by atoms with Crippen LogP contribution in [0.1, 0.15) is 35.6 Å². The van der Waals surface area contributed by atoms with Crippen molar-refractivity contribution >= 4 is 32.6 Å². The monoisotopic (exact) mass is 580 g/mol. The van der Waals surface area contributed by atoms with Crippen LogP contribution < -0.4 is 20.8 Å². The summed E-state index contributed by atoms with van der Waals surface area (Å²) in [6.07, 6.45) is -0.0249. The Morgan fingerprint density at radius 1 is 1.20 bits per heavy atom. The molecule has 0 spiro atoms. The first-order valence-corrected chi connectivity index (χ1v) is 14.2. The lowest BCUT2D eigenvalue weighted by Gasteiger charge is -2.31. The van der Waals surface area contributed by atoms with Crippen molar-refractivity contribution in [2.45, 2.75) is 43.5 Å². The third-order valence-electron chi connectivity index (χ3n) is 7.71. The van der Waals surface area contributed by atoms with Gasteiger partial charge in [-0.1, -0.05) is 6.92 Å². The molecule has 0 unspecified atom stereocenters. The maximum Gasteiger partial charge on any atom is 0.343 e. The van der Waals surface area contributed by atoms with Crippen molar-refractivity contribution in [1.82, 2.24) is 14.3 Å². The lowest BCUT2D eigenvalue weighted by molar-refractivity contribution is -0.172. The Morgan fingerprint density at radius 3 is 2.61 bits per heavy atom. The molecule has 11 nitrogen and oxygen atoms in total. The molecule has 0 amide bonds. The molecule has 4 aromatic rings. The van der Waals surface area contributed by atoms with Crippen molar-refractivity contribution in [3.8, 4) is 17.1 Å². The second kappa shape index (κ2) is 9.36. The van der Waals surface area contributed by atoms with Crippen LogP contribution in [0.25, 0.3) is 22.3 Å². The Hall–Kier alpha value is -4.33. The number of nitrogen functional groups attached to an aromatic ring is 1. The zero-order valence-electron chi connectivity index (χ0n) is 22.0. The van der Waals surface area contributed by atoms with Crippen LogP contribution in [0.5, 0.6) is 5.75 Å². The van der Waals surface area contributed by atoms with Crippen LogP contribution in [0.3, 0.4) is 0 Å². The molecular formula is C28H25FN4O7S. The van der Waals surface area contributed by atoms with E-state index in [1.165, 1.54) is 54.1 Å². The Bertz CT molecular complexity index is 1940. The second-order valence-corrected chi connectivity index (χ2v) is 11.7. The number of methoxy groups -OCH3 is 1. The van der Waals surface area contributed by atoms with Crippen LogP contribution in [0.15, 0.2) is 52.2 Å². The minimum Gasteiger partial charge on any atom is -0.494 e. The molecular weight excluding hydrogens is 555 g/mol. The lowest BCUT2D eigenvalue weighted by atomic mass is 9.86. The highest BCUT2D eigenvalue weighted by Crippen LogP contribution is 2.41. The van der Waals surface area contributed by atoms with E-state index >= 15 is 0 Å². The molecule has 0 aliphatic carbocycles. The lowest BCUT2D eigenvalue weighted by Crippen LogP contribution is -2.44. The van der Waals surface area contributed by atoms with Gasteiger partial charge in [-0.05, 0) is 48.4 Å². The normalized spacial score (nSPS) is 17.6.